The summed E-state index contributed by atoms with van der Waals surface area (Å²) >= 11 is 0. The predicted molar refractivity (Wildman–Crippen MR) is 79.8 cm³/mol. The Bertz CT molecular complexity index is 663. The Labute approximate surface area is 114 Å². The number of benzene rings is 1. The maximum atomic E-state index is 12.7. The fourth-order valence-corrected chi connectivity index (χ4v) is 3.55. The molecule has 0 bridgehead atoms. The van der Waals surface area contributed by atoms with Crippen LogP contribution in [0.1, 0.15) is 49.1 Å². The zero-order valence-electron chi connectivity index (χ0n) is 11.8. The van der Waals surface area contributed by atoms with E-state index in [-0.39, 0.29) is 5.56 Å². The Hall–Kier alpha value is -1.57. The second kappa shape index (κ2) is 4.84. The molecule has 0 amide bonds. The highest BCUT2D eigenvalue weighted by Crippen LogP contribution is 2.34. The molecule has 3 rings (SSSR count). The minimum atomic E-state index is 0.211. The van der Waals surface area contributed by atoms with Crippen LogP contribution < -0.4 is 5.56 Å². The summed E-state index contributed by atoms with van der Waals surface area (Å²) in [6.07, 6.45) is 6.20. The molecule has 1 saturated carbocycles. The van der Waals surface area contributed by atoms with Crippen LogP contribution in [0.25, 0.3) is 10.9 Å². The molecule has 0 atom stereocenters. The van der Waals surface area contributed by atoms with E-state index in [2.05, 4.69) is 19.1 Å². The third-order valence-corrected chi connectivity index (χ3v) is 4.62. The smallest absolute Gasteiger partial charge is 0.254 e. The molecule has 0 radical (unpaired) electrons. The molecule has 1 aliphatic carbocycles. The normalized spacial score (nSPS) is 16.9. The third-order valence-electron chi connectivity index (χ3n) is 4.62. The van der Waals surface area contributed by atoms with E-state index in [1.165, 1.54) is 43.1 Å². The molecule has 1 aromatic heterocycles. The van der Waals surface area contributed by atoms with Crippen molar-refractivity contribution in [1.82, 2.24) is 4.57 Å². The van der Waals surface area contributed by atoms with E-state index < -0.39 is 0 Å². The van der Waals surface area contributed by atoms with Gasteiger partial charge >= 0.3 is 0 Å². The zero-order chi connectivity index (χ0) is 13.4. The SMILES string of the molecule is Cc1c(C2CCCCC2)c(=O)n(C)c2ccccc12. The van der Waals surface area contributed by atoms with E-state index in [4.69, 9.17) is 0 Å². The van der Waals surface area contributed by atoms with Gasteiger partial charge in [-0.3, -0.25) is 4.79 Å². The van der Waals surface area contributed by atoms with Crippen molar-refractivity contribution in [2.75, 3.05) is 0 Å². The molecule has 2 heteroatoms. The number of aryl methyl sites for hydroxylation is 2. The van der Waals surface area contributed by atoms with Gasteiger partial charge in [-0.25, -0.2) is 0 Å². The van der Waals surface area contributed by atoms with Gasteiger partial charge < -0.3 is 4.57 Å². The van der Waals surface area contributed by atoms with Gasteiger partial charge in [0.25, 0.3) is 5.56 Å². The third kappa shape index (κ3) is 1.99. The van der Waals surface area contributed by atoms with E-state index in [0.717, 1.165) is 11.1 Å². The van der Waals surface area contributed by atoms with Gasteiger partial charge in [0.2, 0.25) is 0 Å². The highest BCUT2D eigenvalue weighted by molar-refractivity contribution is 5.83. The van der Waals surface area contributed by atoms with Crippen LogP contribution in [0.5, 0.6) is 0 Å². The molecule has 1 aromatic carbocycles. The van der Waals surface area contributed by atoms with Gasteiger partial charge in [0.05, 0.1) is 5.52 Å². The van der Waals surface area contributed by atoms with Crippen molar-refractivity contribution < 1.29 is 0 Å². The van der Waals surface area contributed by atoms with E-state index in [1.54, 1.807) is 0 Å². The van der Waals surface area contributed by atoms with Gasteiger partial charge in [0.15, 0.2) is 0 Å². The second-order valence-corrected chi connectivity index (χ2v) is 5.75. The molecule has 2 aromatic rings. The molecule has 0 spiro atoms. The number of fused-ring (bicyclic) bond motifs is 1. The van der Waals surface area contributed by atoms with Crippen molar-refractivity contribution >= 4 is 10.9 Å². The molecule has 1 aliphatic rings. The van der Waals surface area contributed by atoms with Crippen molar-refractivity contribution in [2.24, 2.45) is 7.05 Å². The summed E-state index contributed by atoms with van der Waals surface area (Å²) in [7, 11) is 1.90. The van der Waals surface area contributed by atoms with E-state index in [9.17, 15) is 4.79 Å². The summed E-state index contributed by atoms with van der Waals surface area (Å²) in [4.78, 5) is 12.7. The Morgan fingerprint density at radius 2 is 1.79 bits per heavy atom. The van der Waals surface area contributed by atoms with Gasteiger partial charge in [-0.15, -0.1) is 0 Å². The lowest BCUT2D eigenvalue weighted by Crippen LogP contribution is -2.26. The summed E-state index contributed by atoms with van der Waals surface area (Å²) in [6.45, 7) is 2.12. The Morgan fingerprint density at radius 3 is 2.53 bits per heavy atom. The van der Waals surface area contributed by atoms with Crippen LogP contribution in [0.3, 0.4) is 0 Å². The van der Waals surface area contributed by atoms with Crippen molar-refractivity contribution in [2.45, 2.75) is 44.9 Å². The van der Waals surface area contributed by atoms with E-state index in [0.29, 0.717) is 5.92 Å². The van der Waals surface area contributed by atoms with Gasteiger partial charge in [-0.2, -0.15) is 0 Å². The second-order valence-electron chi connectivity index (χ2n) is 5.75. The van der Waals surface area contributed by atoms with Crippen LogP contribution in [0.4, 0.5) is 0 Å². The Kier molecular flexibility index (Phi) is 3.17. The molecule has 19 heavy (non-hydrogen) atoms. The van der Waals surface area contributed by atoms with Gasteiger partial charge in [0.1, 0.15) is 0 Å². The average Bonchev–Trinajstić information content (AvgIpc) is 2.46. The van der Waals surface area contributed by atoms with E-state index >= 15 is 0 Å². The molecule has 100 valence electrons. The maximum absolute atomic E-state index is 12.7. The lowest BCUT2D eigenvalue weighted by molar-refractivity contribution is 0.439. The van der Waals surface area contributed by atoms with Crippen LogP contribution in [0.15, 0.2) is 29.1 Å². The molecule has 0 saturated heterocycles. The molecule has 0 unspecified atom stereocenters. The number of nitrogens with zero attached hydrogens (tertiary/aromatic N) is 1. The minimum absolute atomic E-state index is 0.211. The predicted octanol–water partition coefficient (Wildman–Crippen LogP) is 3.89. The number of rotatable bonds is 1. The summed E-state index contributed by atoms with van der Waals surface area (Å²) in [5, 5.41) is 1.23. The summed E-state index contributed by atoms with van der Waals surface area (Å²) in [5.74, 6) is 0.469. The molecule has 1 fully saturated rings. The highest BCUT2D eigenvalue weighted by Gasteiger charge is 2.22. The standard InChI is InChI=1S/C17H21NO/c1-12-14-10-6-7-11-15(14)18(2)17(19)16(12)13-8-4-3-5-9-13/h6-7,10-11,13H,3-5,8-9H2,1-2H3. The maximum Gasteiger partial charge on any atom is 0.254 e. The Morgan fingerprint density at radius 1 is 1.11 bits per heavy atom. The van der Waals surface area contributed by atoms with Crippen LogP contribution in [-0.2, 0) is 7.05 Å². The van der Waals surface area contributed by atoms with Crippen molar-refractivity contribution in [1.29, 1.82) is 0 Å². The van der Waals surface area contributed by atoms with Gasteiger partial charge in [0, 0.05) is 18.0 Å². The first kappa shape index (κ1) is 12.5. The van der Waals surface area contributed by atoms with Crippen molar-refractivity contribution in [3.8, 4) is 0 Å². The monoisotopic (exact) mass is 255 g/mol. The number of hydrogen-bond donors (Lipinski definition) is 0. The van der Waals surface area contributed by atoms with Crippen LogP contribution in [0, 0.1) is 6.92 Å². The molecule has 2 nitrogen and oxygen atoms in total. The zero-order valence-corrected chi connectivity index (χ0v) is 11.8. The molecule has 0 aliphatic heterocycles. The molecule has 0 N–H and O–H groups in total. The highest BCUT2D eigenvalue weighted by atomic mass is 16.1. The van der Waals surface area contributed by atoms with Gasteiger partial charge in [-0.1, -0.05) is 37.5 Å². The largest absolute Gasteiger partial charge is 0.311 e. The minimum Gasteiger partial charge on any atom is -0.311 e. The molecular weight excluding hydrogens is 234 g/mol. The van der Waals surface area contributed by atoms with Crippen LogP contribution >= 0.6 is 0 Å². The number of pyridine rings is 1. The summed E-state index contributed by atoms with van der Waals surface area (Å²) < 4.78 is 1.83. The van der Waals surface area contributed by atoms with E-state index in [1.807, 2.05) is 23.7 Å². The average molecular weight is 255 g/mol. The van der Waals surface area contributed by atoms with Crippen molar-refractivity contribution in [3.63, 3.8) is 0 Å². The van der Waals surface area contributed by atoms with Gasteiger partial charge in [-0.05, 0) is 37.3 Å². The van der Waals surface area contributed by atoms with Crippen molar-refractivity contribution in [3.05, 3.63) is 45.7 Å². The molecule has 1 heterocycles. The van der Waals surface area contributed by atoms with Crippen LogP contribution in [-0.4, -0.2) is 4.57 Å². The fourth-order valence-electron chi connectivity index (χ4n) is 3.55. The Balaban J connectivity index is 2.27. The lowest BCUT2D eigenvalue weighted by Gasteiger charge is -2.24. The number of para-hydroxylation sites is 1. The first-order valence-electron chi connectivity index (χ1n) is 7.28. The first-order valence-corrected chi connectivity index (χ1v) is 7.28. The molecular formula is C17H21NO. The van der Waals surface area contributed by atoms with Crippen LogP contribution in [0.2, 0.25) is 0 Å². The lowest BCUT2D eigenvalue weighted by atomic mass is 9.82. The topological polar surface area (TPSA) is 22.0 Å². The fraction of sp³-hybridized carbons (Fsp3) is 0.471. The summed E-state index contributed by atoms with van der Waals surface area (Å²) in [6, 6.07) is 8.23. The number of hydrogen-bond acceptors (Lipinski definition) is 1. The first-order chi connectivity index (χ1) is 9.20. The quantitative estimate of drug-likeness (QED) is 0.757. The summed E-state index contributed by atoms with van der Waals surface area (Å²) in [5.41, 5.74) is 3.53. The number of aromatic nitrogens is 1.